The van der Waals surface area contributed by atoms with Crippen LogP contribution in [0.5, 0.6) is 5.75 Å². The molecular formula is C25H26BrNO3. The van der Waals surface area contributed by atoms with Crippen molar-refractivity contribution < 1.29 is 14.6 Å². The highest BCUT2D eigenvalue weighted by Crippen LogP contribution is 2.28. The number of ether oxygens (including phenoxy) is 1. The highest BCUT2D eigenvalue weighted by molar-refractivity contribution is 9.10. The Kier molecular flexibility index (Phi) is 7.63. The lowest BCUT2D eigenvalue weighted by atomic mass is 9.98. The smallest absolute Gasteiger partial charge is 0.337 e. The second kappa shape index (κ2) is 10.4. The van der Waals surface area contributed by atoms with Crippen LogP contribution in [-0.2, 0) is 19.4 Å². The van der Waals surface area contributed by atoms with Gasteiger partial charge in [-0.25, -0.2) is 4.79 Å². The molecule has 156 valence electrons. The first-order chi connectivity index (χ1) is 14.5. The summed E-state index contributed by atoms with van der Waals surface area (Å²) in [5.74, 6) is -0.289. The van der Waals surface area contributed by atoms with E-state index in [1.807, 2.05) is 48.5 Å². The Morgan fingerprint density at radius 2 is 1.63 bits per heavy atom. The van der Waals surface area contributed by atoms with Crippen molar-refractivity contribution in [3.05, 3.63) is 81.6 Å². The summed E-state index contributed by atoms with van der Waals surface area (Å²) in [6.07, 6.45) is 3.81. The number of nitrogens with zero attached hydrogens (tertiary/aromatic N) is 1. The fourth-order valence-corrected chi connectivity index (χ4v) is 3.65. The molecule has 4 nitrogen and oxygen atoms in total. The van der Waals surface area contributed by atoms with Gasteiger partial charge in [0.05, 0.1) is 11.3 Å². The number of halogens is 1. The van der Waals surface area contributed by atoms with Crippen molar-refractivity contribution in [1.29, 1.82) is 0 Å². The van der Waals surface area contributed by atoms with Crippen LogP contribution in [0, 0.1) is 0 Å². The number of aromatic carboxylic acids is 1. The topological polar surface area (TPSA) is 59.4 Å². The number of carbonyl (C=O) groups is 1. The zero-order valence-corrected chi connectivity index (χ0v) is 18.9. The average molecular weight is 468 g/mol. The third-order valence-corrected chi connectivity index (χ3v) is 5.42. The fourth-order valence-electron chi connectivity index (χ4n) is 3.39. The summed E-state index contributed by atoms with van der Waals surface area (Å²) in [6, 6.07) is 17.5. The monoisotopic (exact) mass is 467 g/mol. The number of aryl methyl sites for hydroxylation is 2. The molecule has 0 aliphatic heterocycles. The second-order valence-electron chi connectivity index (χ2n) is 7.22. The van der Waals surface area contributed by atoms with Crippen LogP contribution < -0.4 is 4.74 Å². The standard InChI is InChI=1S/C25H26BrNO3/c1-3-5-17-7-13-20(14-8-17)30-16-24-22(25(28)29)15-21(23(27-24)6-4-2)18-9-11-19(26)12-10-18/h7-15H,3-6,16H2,1-2H3,(H,28,29). The molecule has 0 saturated carbocycles. The number of aromatic nitrogens is 1. The van der Waals surface area contributed by atoms with Crippen molar-refractivity contribution in [3.63, 3.8) is 0 Å². The summed E-state index contributed by atoms with van der Waals surface area (Å²) in [6.45, 7) is 4.35. The van der Waals surface area contributed by atoms with Crippen molar-refractivity contribution in [2.24, 2.45) is 0 Å². The van der Waals surface area contributed by atoms with Crippen molar-refractivity contribution in [3.8, 4) is 16.9 Å². The predicted molar refractivity (Wildman–Crippen MR) is 123 cm³/mol. The first-order valence-electron chi connectivity index (χ1n) is 10.3. The maximum Gasteiger partial charge on any atom is 0.337 e. The maximum absolute atomic E-state index is 12.0. The van der Waals surface area contributed by atoms with Gasteiger partial charge < -0.3 is 9.84 Å². The van der Waals surface area contributed by atoms with Crippen molar-refractivity contribution in [2.45, 2.75) is 46.1 Å². The average Bonchev–Trinajstić information content (AvgIpc) is 2.74. The Bertz CT molecular complexity index is 998. The lowest BCUT2D eigenvalue weighted by Crippen LogP contribution is -2.11. The first kappa shape index (κ1) is 22.0. The predicted octanol–water partition coefficient (Wildman–Crippen LogP) is 6.69. The van der Waals surface area contributed by atoms with Crippen LogP contribution >= 0.6 is 15.9 Å². The molecule has 0 radical (unpaired) electrons. The van der Waals surface area contributed by atoms with Gasteiger partial charge in [0.1, 0.15) is 12.4 Å². The summed E-state index contributed by atoms with van der Waals surface area (Å²) >= 11 is 3.45. The van der Waals surface area contributed by atoms with E-state index in [9.17, 15) is 9.90 Å². The zero-order valence-electron chi connectivity index (χ0n) is 17.3. The number of benzene rings is 2. The van der Waals surface area contributed by atoms with Crippen molar-refractivity contribution in [2.75, 3.05) is 0 Å². The molecule has 0 atom stereocenters. The number of carboxylic acids is 1. The highest BCUT2D eigenvalue weighted by Gasteiger charge is 2.18. The third kappa shape index (κ3) is 5.48. The normalized spacial score (nSPS) is 10.8. The van der Waals surface area contributed by atoms with E-state index < -0.39 is 5.97 Å². The summed E-state index contributed by atoms with van der Waals surface area (Å²) in [5.41, 5.74) is 4.59. The van der Waals surface area contributed by atoms with Crippen LogP contribution in [0.15, 0.2) is 59.1 Å². The van der Waals surface area contributed by atoms with Crippen LogP contribution in [0.25, 0.3) is 11.1 Å². The molecule has 2 aromatic carbocycles. The quantitative estimate of drug-likeness (QED) is 0.380. The van der Waals surface area contributed by atoms with Gasteiger partial charge in [-0.2, -0.15) is 0 Å². The van der Waals surface area contributed by atoms with E-state index in [1.165, 1.54) is 5.56 Å². The largest absolute Gasteiger partial charge is 0.487 e. The van der Waals surface area contributed by atoms with E-state index in [4.69, 9.17) is 9.72 Å². The minimum atomic E-state index is -0.999. The van der Waals surface area contributed by atoms with Gasteiger partial charge in [0.25, 0.3) is 0 Å². The minimum Gasteiger partial charge on any atom is -0.487 e. The number of hydrogen-bond donors (Lipinski definition) is 1. The molecule has 0 fully saturated rings. The van der Waals surface area contributed by atoms with E-state index in [1.54, 1.807) is 6.07 Å². The Morgan fingerprint density at radius 3 is 2.23 bits per heavy atom. The van der Waals surface area contributed by atoms with Crippen LogP contribution in [0.2, 0.25) is 0 Å². The molecule has 30 heavy (non-hydrogen) atoms. The number of rotatable bonds is 9. The van der Waals surface area contributed by atoms with Gasteiger partial charge in [-0.3, -0.25) is 4.98 Å². The molecule has 5 heteroatoms. The van der Waals surface area contributed by atoms with Gasteiger partial charge in [-0.1, -0.05) is 66.9 Å². The minimum absolute atomic E-state index is 0.117. The van der Waals surface area contributed by atoms with E-state index >= 15 is 0 Å². The lowest BCUT2D eigenvalue weighted by molar-refractivity contribution is 0.0693. The Morgan fingerprint density at radius 1 is 0.967 bits per heavy atom. The molecule has 1 N–H and O–H groups in total. The molecule has 0 aliphatic carbocycles. The van der Waals surface area contributed by atoms with Crippen LogP contribution in [0.4, 0.5) is 0 Å². The van der Waals surface area contributed by atoms with E-state index in [0.29, 0.717) is 11.4 Å². The molecule has 1 heterocycles. The maximum atomic E-state index is 12.0. The Balaban J connectivity index is 1.92. The number of carboxylic acid groups (broad SMARTS) is 1. The zero-order chi connectivity index (χ0) is 21.5. The molecule has 3 rings (SSSR count). The third-order valence-electron chi connectivity index (χ3n) is 4.89. The molecule has 3 aromatic rings. The van der Waals surface area contributed by atoms with Gasteiger partial charge in [-0.05, 0) is 54.3 Å². The second-order valence-corrected chi connectivity index (χ2v) is 8.14. The van der Waals surface area contributed by atoms with Crippen molar-refractivity contribution >= 4 is 21.9 Å². The first-order valence-corrected chi connectivity index (χ1v) is 11.0. The van der Waals surface area contributed by atoms with Gasteiger partial charge in [0, 0.05) is 15.7 Å². The van der Waals surface area contributed by atoms with E-state index in [2.05, 4.69) is 29.8 Å². The lowest BCUT2D eigenvalue weighted by Gasteiger charge is -2.15. The van der Waals surface area contributed by atoms with Gasteiger partial charge in [0.2, 0.25) is 0 Å². The Hall–Kier alpha value is -2.66. The summed E-state index contributed by atoms with van der Waals surface area (Å²) in [4.78, 5) is 16.7. The molecule has 0 bridgehead atoms. The van der Waals surface area contributed by atoms with Gasteiger partial charge >= 0.3 is 5.97 Å². The molecule has 0 spiro atoms. The fraction of sp³-hybridized carbons (Fsp3) is 0.280. The number of hydrogen-bond acceptors (Lipinski definition) is 3. The molecule has 1 aromatic heterocycles. The summed E-state index contributed by atoms with van der Waals surface area (Å²) < 4.78 is 6.85. The molecule has 0 aliphatic rings. The molecule has 0 unspecified atom stereocenters. The molecule has 0 saturated heterocycles. The van der Waals surface area contributed by atoms with Crippen LogP contribution in [0.3, 0.4) is 0 Å². The summed E-state index contributed by atoms with van der Waals surface area (Å²) in [7, 11) is 0. The van der Waals surface area contributed by atoms with Gasteiger partial charge in [0.15, 0.2) is 0 Å². The van der Waals surface area contributed by atoms with E-state index in [0.717, 1.165) is 47.0 Å². The SMILES string of the molecule is CCCc1ccc(OCc2nc(CCC)c(-c3ccc(Br)cc3)cc2C(=O)O)cc1. The van der Waals surface area contributed by atoms with E-state index in [-0.39, 0.29) is 12.2 Å². The number of pyridine rings is 1. The molecular weight excluding hydrogens is 442 g/mol. The van der Waals surface area contributed by atoms with Crippen molar-refractivity contribution in [1.82, 2.24) is 4.98 Å². The Labute approximate surface area is 186 Å². The van der Waals surface area contributed by atoms with Crippen LogP contribution in [0.1, 0.15) is 54.0 Å². The van der Waals surface area contributed by atoms with Crippen LogP contribution in [-0.4, -0.2) is 16.1 Å². The summed E-state index contributed by atoms with van der Waals surface area (Å²) in [5, 5.41) is 9.79. The van der Waals surface area contributed by atoms with Gasteiger partial charge in [-0.15, -0.1) is 0 Å². The molecule has 0 amide bonds. The highest BCUT2D eigenvalue weighted by atomic mass is 79.9.